The highest BCUT2D eigenvalue weighted by atomic mass is 14.8. The van der Waals surface area contributed by atoms with E-state index in [9.17, 15) is 0 Å². The summed E-state index contributed by atoms with van der Waals surface area (Å²) in [6.45, 7) is 2.15. The molecule has 2 nitrogen and oxygen atoms in total. The van der Waals surface area contributed by atoms with Gasteiger partial charge in [-0.15, -0.1) is 0 Å². The number of hydrogen-bond donors (Lipinski definition) is 0. The van der Waals surface area contributed by atoms with Crippen molar-refractivity contribution in [2.45, 2.75) is 6.92 Å². The fraction of sp³-hybridized carbons (Fsp3) is 0.200. The maximum absolute atomic E-state index is 4.16. The minimum atomic E-state index is 0.466. The number of hydrogen-bond acceptors (Lipinski definition) is 2. The van der Waals surface area contributed by atoms with Crippen LogP contribution in [0.1, 0.15) is 6.92 Å². The van der Waals surface area contributed by atoms with Crippen molar-refractivity contribution in [2.75, 3.05) is 0 Å². The Morgan fingerprint density at radius 3 is 3.25 bits per heavy atom. The summed E-state index contributed by atoms with van der Waals surface area (Å²) in [7, 11) is 0. The molecule has 1 aromatic rings. The number of nitrogens with zero attached hydrogens (tertiary/aromatic N) is 2. The second-order valence-corrected chi connectivity index (χ2v) is 2.94. The van der Waals surface area contributed by atoms with Gasteiger partial charge < -0.3 is 0 Å². The van der Waals surface area contributed by atoms with E-state index in [1.807, 2.05) is 18.3 Å². The average Bonchev–Trinajstić information content (AvgIpc) is 2.25. The molecular formula is C10H10N2. The maximum Gasteiger partial charge on any atom is 0.116 e. The van der Waals surface area contributed by atoms with Crippen molar-refractivity contribution in [3.63, 3.8) is 0 Å². The molecule has 0 fully saturated rings. The summed E-state index contributed by atoms with van der Waals surface area (Å²) in [4.78, 5) is 8.15. The Bertz CT molecular complexity index is 418. The lowest BCUT2D eigenvalue weighted by molar-refractivity contribution is 0.991. The molecular weight excluding hydrogens is 148 g/mol. The van der Waals surface area contributed by atoms with E-state index in [4.69, 9.17) is 0 Å². The molecule has 1 heterocycles. The molecule has 1 aliphatic rings. The lowest BCUT2D eigenvalue weighted by Crippen LogP contribution is -2.28. The van der Waals surface area contributed by atoms with Gasteiger partial charge in [0.2, 0.25) is 0 Å². The first-order valence-corrected chi connectivity index (χ1v) is 4.02. The van der Waals surface area contributed by atoms with Crippen LogP contribution in [0.25, 0.3) is 12.2 Å². The Balaban J connectivity index is 2.75. The molecule has 0 spiro atoms. The number of aromatic nitrogens is 2. The predicted octanol–water partition coefficient (Wildman–Crippen LogP) is 0.243. The van der Waals surface area contributed by atoms with Gasteiger partial charge in [0.25, 0.3) is 0 Å². The zero-order valence-corrected chi connectivity index (χ0v) is 6.94. The van der Waals surface area contributed by atoms with Crippen molar-refractivity contribution in [3.8, 4) is 0 Å². The molecule has 0 amide bonds. The van der Waals surface area contributed by atoms with Gasteiger partial charge in [0.1, 0.15) is 6.33 Å². The SMILES string of the molecule is CC1C=CC=c2ncncc2=C1. The van der Waals surface area contributed by atoms with Crippen LogP contribution in [-0.4, -0.2) is 9.97 Å². The van der Waals surface area contributed by atoms with E-state index in [-0.39, 0.29) is 0 Å². The quantitative estimate of drug-likeness (QED) is 0.540. The molecule has 1 aliphatic carbocycles. The van der Waals surface area contributed by atoms with Gasteiger partial charge >= 0.3 is 0 Å². The Hall–Kier alpha value is -1.44. The molecule has 0 bridgehead atoms. The molecule has 60 valence electrons. The van der Waals surface area contributed by atoms with Crippen LogP contribution in [-0.2, 0) is 0 Å². The lowest BCUT2D eigenvalue weighted by atomic mass is 10.1. The number of rotatable bonds is 0. The average molecular weight is 158 g/mol. The summed E-state index contributed by atoms with van der Waals surface area (Å²) in [6.07, 6.45) is 11.8. The molecule has 0 aromatic carbocycles. The molecule has 0 saturated carbocycles. The fourth-order valence-electron chi connectivity index (χ4n) is 1.28. The summed E-state index contributed by atoms with van der Waals surface area (Å²) in [6, 6.07) is 0. The maximum atomic E-state index is 4.16. The van der Waals surface area contributed by atoms with E-state index in [2.05, 4.69) is 29.0 Å². The summed E-state index contributed by atoms with van der Waals surface area (Å²) in [5, 5.41) is 2.13. The molecule has 0 radical (unpaired) electrons. The largest absolute Gasteiger partial charge is 0.244 e. The van der Waals surface area contributed by atoms with Gasteiger partial charge in [0.15, 0.2) is 0 Å². The first-order chi connectivity index (χ1) is 5.86. The summed E-state index contributed by atoms with van der Waals surface area (Å²) < 4.78 is 0. The highest BCUT2D eigenvalue weighted by Gasteiger charge is 1.94. The third kappa shape index (κ3) is 1.28. The molecule has 1 aromatic heterocycles. The number of fused-ring (bicyclic) bond motifs is 1. The van der Waals surface area contributed by atoms with Crippen LogP contribution in [0, 0.1) is 5.92 Å². The van der Waals surface area contributed by atoms with Crippen molar-refractivity contribution in [1.82, 2.24) is 9.97 Å². The van der Waals surface area contributed by atoms with Gasteiger partial charge in [-0.1, -0.05) is 25.2 Å². The third-order valence-corrected chi connectivity index (χ3v) is 1.88. The molecule has 2 rings (SSSR count). The highest BCUT2D eigenvalue weighted by Crippen LogP contribution is 1.99. The topological polar surface area (TPSA) is 25.8 Å². The van der Waals surface area contributed by atoms with Crippen molar-refractivity contribution < 1.29 is 0 Å². The Labute approximate surface area is 71.0 Å². The molecule has 0 saturated heterocycles. The first-order valence-electron chi connectivity index (χ1n) is 4.02. The van der Waals surface area contributed by atoms with Crippen LogP contribution in [0.5, 0.6) is 0 Å². The standard InChI is InChI=1S/C10H10N2/c1-8-3-2-4-10-9(5-8)6-11-7-12-10/h2-8H,1H3. The minimum absolute atomic E-state index is 0.466. The monoisotopic (exact) mass is 158 g/mol. The lowest BCUT2D eigenvalue weighted by Gasteiger charge is -1.93. The second kappa shape index (κ2) is 2.89. The van der Waals surface area contributed by atoms with Gasteiger partial charge in [0.05, 0.1) is 5.35 Å². The molecule has 1 unspecified atom stereocenters. The zero-order chi connectivity index (χ0) is 8.39. The molecule has 1 atom stereocenters. The predicted molar refractivity (Wildman–Crippen MR) is 48.5 cm³/mol. The van der Waals surface area contributed by atoms with Gasteiger partial charge in [-0.3, -0.25) is 0 Å². The summed E-state index contributed by atoms with van der Waals surface area (Å²) in [5.74, 6) is 0.466. The van der Waals surface area contributed by atoms with E-state index in [0.717, 1.165) is 10.6 Å². The van der Waals surface area contributed by atoms with Gasteiger partial charge in [0, 0.05) is 11.4 Å². The van der Waals surface area contributed by atoms with Crippen LogP contribution < -0.4 is 10.6 Å². The summed E-state index contributed by atoms with van der Waals surface area (Å²) in [5.41, 5.74) is 0. The third-order valence-electron chi connectivity index (χ3n) is 1.88. The smallest absolute Gasteiger partial charge is 0.116 e. The van der Waals surface area contributed by atoms with Crippen molar-refractivity contribution >= 4 is 12.2 Å². The van der Waals surface area contributed by atoms with Crippen LogP contribution in [0.2, 0.25) is 0 Å². The van der Waals surface area contributed by atoms with Crippen LogP contribution in [0.3, 0.4) is 0 Å². The second-order valence-electron chi connectivity index (χ2n) is 2.94. The van der Waals surface area contributed by atoms with Crippen LogP contribution in [0.4, 0.5) is 0 Å². The van der Waals surface area contributed by atoms with E-state index in [0.29, 0.717) is 5.92 Å². The van der Waals surface area contributed by atoms with Crippen LogP contribution >= 0.6 is 0 Å². The van der Waals surface area contributed by atoms with Gasteiger partial charge in [-0.25, -0.2) is 9.97 Å². The van der Waals surface area contributed by atoms with Crippen molar-refractivity contribution in [3.05, 3.63) is 35.2 Å². The Morgan fingerprint density at radius 2 is 2.33 bits per heavy atom. The van der Waals surface area contributed by atoms with Crippen molar-refractivity contribution in [1.29, 1.82) is 0 Å². The van der Waals surface area contributed by atoms with E-state index < -0.39 is 0 Å². The fourth-order valence-corrected chi connectivity index (χ4v) is 1.28. The molecule has 12 heavy (non-hydrogen) atoms. The highest BCUT2D eigenvalue weighted by molar-refractivity contribution is 5.42. The van der Waals surface area contributed by atoms with Crippen LogP contribution in [0.15, 0.2) is 24.7 Å². The first kappa shape index (κ1) is 7.22. The molecule has 0 N–H and O–H groups in total. The Kier molecular flexibility index (Phi) is 1.74. The van der Waals surface area contributed by atoms with E-state index >= 15 is 0 Å². The van der Waals surface area contributed by atoms with Gasteiger partial charge in [-0.05, 0) is 12.0 Å². The normalized spacial score (nSPS) is 20.2. The van der Waals surface area contributed by atoms with Crippen molar-refractivity contribution in [2.24, 2.45) is 5.92 Å². The van der Waals surface area contributed by atoms with E-state index in [1.165, 1.54) is 0 Å². The molecule has 0 aliphatic heterocycles. The molecule has 2 heteroatoms. The number of allylic oxidation sites excluding steroid dienone is 2. The minimum Gasteiger partial charge on any atom is -0.244 e. The Morgan fingerprint density at radius 1 is 1.42 bits per heavy atom. The summed E-state index contributed by atoms with van der Waals surface area (Å²) >= 11 is 0. The van der Waals surface area contributed by atoms with E-state index in [1.54, 1.807) is 6.33 Å². The zero-order valence-electron chi connectivity index (χ0n) is 6.94. The van der Waals surface area contributed by atoms with Gasteiger partial charge in [-0.2, -0.15) is 0 Å².